The van der Waals surface area contributed by atoms with E-state index in [0.717, 1.165) is 0 Å². The molecule has 4 nitrogen and oxygen atoms in total. The molecule has 72 valence electrons. The van der Waals surface area contributed by atoms with E-state index in [0.29, 0.717) is 18.9 Å². The molecule has 14 heavy (non-hydrogen) atoms. The highest BCUT2D eigenvalue weighted by atomic mass is 16.6. The SMILES string of the molecule is O=C(Oc1ccccc1)C1=NCCO1. The van der Waals surface area contributed by atoms with Gasteiger partial charge in [-0.3, -0.25) is 0 Å². The summed E-state index contributed by atoms with van der Waals surface area (Å²) in [6.45, 7) is 0.985. The fourth-order valence-electron chi connectivity index (χ4n) is 1.10. The van der Waals surface area contributed by atoms with Crippen LogP contribution in [-0.2, 0) is 9.53 Å². The third-order valence-electron chi connectivity index (χ3n) is 1.71. The normalized spacial score (nSPS) is 14.4. The Morgan fingerprint density at radius 2 is 2.14 bits per heavy atom. The van der Waals surface area contributed by atoms with Crippen molar-refractivity contribution in [1.82, 2.24) is 0 Å². The van der Waals surface area contributed by atoms with Crippen molar-refractivity contribution >= 4 is 11.9 Å². The van der Waals surface area contributed by atoms with E-state index in [9.17, 15) is 4.79 Å². The molecule has 1 aliphatic heterocycles. The number of esters is 1. The summed E-state index contributed by atoms with van der Waals surface area (Å²) in [5, 5.41) is 0. The third-order valence-corrected chi connectivity index (χ3v) is 1.71. The molecule has 1 heterocycles. The number of ether oxygens (including phenoxy) is 2. The Bertz CT molecular complexity index is 359. The lowest BCUT2D eigenvalue weighted by molar-refractivity contribution is -0.128. The van der Waals surface area contributed by atoms with Crippen LogP contribution in [-0.4, -0.2) is 25.0 Å². The zero-order valence-corrected chi connectivity index (χ0v) is 7.47. The lowest BCUT2D eigenvalue weighted by Gasteiger charge is -2.02. The summed E-state index contributed by atoms with van der Waals surface area (Å²) in [6, 6.07) is 8.83. The summed E-state index contributed by atoms with van der Waals surface area (Å²) in [5.41, 5.74) is 0. The first-order valence-corrected chi connectivity index (χ1v) is 4.31. The van der Waals surface area contributed by atoms with Crippen molar-refractivity contribution in [1.29, 1.82) is 0 Å². The molecule has 1 aliphatic rings. The van der Waals surface area contributed by atoms with Gasteiger partial charge in [-0.1, -0.05) is 18.2 Å². The maximum absolute atomic E-state index is 11.3. The van der Waals surface area contributed by atoms with Crippen molar-refractivity contribution in [3.8, 4) is 5.75 Å². The van der Waals surface area contributed by atoms with Gasteiger partial charge in [-0.25, -0.2) is 9.79 Å². The van der Waals surface area contributed by atoms with E-state index >= 15 is 0 Å². The number of hydrogen-bond acceptors (Lipinski definition) is 4. The highest BCUT2D eigenvalue weighted by molar-refractivity contribution is 6.33. The van der Waals surface area contributed by atoms with Crippen LogP contribution in [0, 0.1) is 0 Å². The van der Waals surface area contributed by atoms with Crippen molar-refractivity contribution in [2.75, 3.05) is 13.2 Å². The molecule has 0 bridgehead atoms. The highest BCUT2D eigenvalue weighted by Crippen LogP contribution is 2.09. The molecular weight excluding hydrogens is 182 g/mol. The minimum atomic E-state index is -0.534. The van der Waals surface area contributed by atoms with Crippen molar-refractivity contribution in [2.24, 2.45) is 4.99 Å². The topological polar surface area (TPSA) is 47.9 Å². The monoisotopic (exact) mass is 191 g/mol. The van der Waals surface area contributed by atoms with Crippen LogP contribution in [0.1, 0.15) is 0 Å². The van der Waals surface area contributed by atoms with Crippen molar-refractivity contribution in [2.45, 2.75) is 0 Å². The summed E-state index contributed by atoms with van der Waals surface area (Å²) in [4.78, 5) is 15.2. The van der Waals surface area contributed by atoms with Crippen LogP contribution in [0.5, 0.6) is 5.75 Å². The predicted octanol–water partition coefficient (Wildman–Crippen LogP) is 1.02. The lowest BCUT2D eigenvalue weighted by atomic mass is 10.3. The molecule has 0 radical (unpaired) electrons. The average molecular weight is 191 g/mol. The minimum Gasteiger partial charge on any atom is -0.471 e. The number of benzene rings is 1. The van der Waals surface area contributed by atoms with Crippen molar-refractivity contribution < 1.29 is 14.3 Å². The van der Waals surface area contributed by atoms with Gasteiger partial charge < -0.3 is 9.47 Å². The molecule has 0 aromatic heterocycles. The van der Waals surface area contributed by atoms with Gasteiger partial charge in [-0.05, 0) is 12.1 Å². The van der Waals surface area contributed by atoms with E-state index in [1.807, 2.05) is 6.07 Å². The summed E-state index contributed by atoms with van der Waals surface area (Å²) in [7, 11) is 0. The fraction of sp³-hybridized carbons (Fsp3) is 0.200. The van der Waals surface area contributed by atoms with Gasteiger partial charge in [0.15, 0.2) is 0 Å². The molecule has 0 N–H and O–H groups in total. The second kappa shape index (κ2) is 3.91. The average Bonchev–Trinajstić information content (AvgIpc) is 2.72. The number of aliphatic imine (C=N–C) groups is 1. The summed E-state index contributed by atoms with van der Waals surface area (Å²) in [5.74, 6) is 0.0262. The Balaban J connectivity index is 2.01. The quantitative estimate of drug-likeness (QED) is 0.518. The third kappa shape index (κ3) is 1.90. The lowest BCUT2D eigenvalue weighted by Crippen LogP contribution is -2.20. The Morgan fingerprint density at radius 1 is 1.36 bits per heavy atom. The van der Waals surface area contributed by atoms with Crippen LogP contribution in [0.3, 0.4) is 0 Å². The Labute approximate surface area is 81.2 Å². The molecule has 0 unspecified atom stereocenters. The number of carbonyl (C=O) groups excluding carboxylic acids is 1. The number of para-hydroxylation sites is 1. The zero-order valence-electron chi connectivity index (χ0n) is 7.47. The van der Waals surface area contributed by atoms with Crippen molar-refractivity contribution in [3.05, 3.63) is 30.3 Å². The van der Waals surface area contributed by atoms with Crippen LogP contribution < -0.4 is 4.74 Å². The van der Waals surface area contributed by atoms with E-state index < -0.39 is 5.97 Å². The van der Waals surface area contributed by atoms with Gasteiger partial charge in [0.2, 0.25) is 0 Å². The molecular formula is C10H9NO3. The highest BCUT2D eigenvalue weighted by Gasteiger charge is 2.19. The van der Waals surface area contributed by atoms with Gasteiger partial charge in [0.05, 0.1) is 6.54 Å². The molecule has 1 aromatic rings. The molecule has 0 amide bonds. The summed E-state index contributed by atoms with van der Waals surface area (Å²) in [6.07, 6.45) is 0. The number of nitrogens with zero attached hydrogens (tertiary/aromatic N) is 1. The number of carbonyl (C=O) groups is 1. The molecule has 0 atom stereocenters. The molecule has 0 aliphatic carbocycles. The second-order valence-electron chi connectivity index (χ2n) is 2.74. The number of rotatable bonds is 2. The van der Waals surface area contributed by atoms with Crippen molar-refractivity contribution in [3.63, 3.8) is 0 Å². The minimum absolute atomic E-state index is 0.0638. The first-order chi connectivity index (χ1) is 6.86. The molecule has 0 fully saturated rings. The summed E-state index contributed by atoms with van der Waals surface area (Å²) >= 11 is 0. The smallest absolute Gasteiger partial charge is 0.399 e. The Morgan fingerprint density at radius 3 is 2.79 bits per heavy atom. The van der Waals surface area contributed by atoms with Gasteiger partial charge in [0, 0.05) is 0 Å². The maximum atomic E-state index is 11.3. The van der Waals surface area contributed by atoms with Gasteiger partial charge >= 0.3 is 5.97 Å². The summed E-state index contributed by atoms with van der Waals surface area (Å²) < 4.78 is 9.97. The van der Waals surface area contributed by atoms with E-state index in [4.69, 9.17) is 9.47 Å². The van der Waals surface area contributed by atoms with Gasteiger partial charge in [-0.2, -0.15) is 0 Å². The largest absolute Gasteiger partial charge is 0.471 e. The second-order valence-corrected chi connectivity index (χ2v) is 2.74. The maximum Gasteiger partial charge on any atom is 0.399 e. The standard InChI is InChI=1S/C10H9NO3/c12-10(9-11-6-7-13-9)14-8-4-2-1-3-5-8/h1-5H,6-7H2. The van der Waals surface area contributed by atoms with E-state index in [2.05, 4.69) is 4.99 Å². The molecule has 2 rings (SSSR count). The van der Waals surface area contributed by atoms with E-state index in [1.54, 1.807) is 24.3 Å². The fourth-order valence-corrected chi connectivity index (χ4v) is 1.10. The Kier molecular flexibility index (Phi) is 2.44. The predicted molar refractivity (Wildman–Crippen MR) is 50.3 cm³/mol. The first-order valence-electron chi connectivity index (χ1n) is 4.31. The Hall–Kier alpha value is -1.84. The molecule has 1 aromatic carbocycles. The molecule has 0 saturated heterocycles. The molecule has 0 spiro atoms. The molecule has 0 saturated carbocycles. The van der Waals surface area contributed by atoms with Gasteiger partial charge in [-0.15, -0.1) is 0 Å². The van der Waals surface area contributed by atoms with Crippen LogP contribution in [0.4, 0.5) is 0 Å². The van der Waals surface area contributed by atoms with Crippen LogP contribution in [0.25, 0.3) is 0 Å². The number of hydrogen-bond donors (Lipinski definition) is 0. The van der Waals surface area contributed by atoms with E-state index in [-0.39, 0.29) is 5.90 Å². The van der Waals surface area contributed by atoms with Gasteiger partial charge in [0.25, 0.3) is 5.90 Å². The first kappa shape index (κ1) is 8.74. The van der Waals surface area contributed by atoms with Crippen LogP contribution >= 0.6 is 0 Å². The van der Waals surface area contributed by atoms with Crippen LogP contribution in [0.2, 0.25) is 0 Å². The zero-order chi connectivity index (χ0) is 9.80. The van der Waals surface area contributed by atoms with Gasteiger partial charge in [0.1, 0.15) is 12.4 Å². The molecule has 4 heteroatoms. The van der Waals surface area contributed by atoms with Crippen LogP contribution in [0.15, 0.2) is 35.3 Å². The van der Waals surface area contributed by atoms with E-state index in [1.165, 1.54) is 0 Å².